The lowest BCUT2D eigenvalue weighted by molar-refractivity contribution is -0.134. The van der Waals surface area contributed by atoms with E-state index in [9.17, 15) is 19.8 Å². The Kier molecular flexibility index (Phi) is 4.32. The maximum absolute atomic E-state index is 11.5. The van der Waals surface area contributed by atoms with Crippen LogP contribution < -0.4 is 5.32 Å². The fourth-order valence-electron chi connectivity index (χ4n) is 3.11. The van der Waals surface area contributed by atoms with Gasteiger partial charge in [0, 0.05) is 5.41 Å². The van der Waals surface area contributed by atoms with E-state index in [4.69, 9.17) is 0 Å². The first-order valence-electron chi connectivity index (χ1n) is 6.80. The normalized spacial score (nSPS) is 23.1. The number of carbonyl (C=O) groups is 2. The van der Waals surface area contributed by atoms with Gasteiger partial charge in [0.15, 0.2) is 0 Å². The Balaban J connectivity index is 3.66. The molecule has 1 aliphatic heterocycles. The first-order valence-corrected chi connectivity index (χ1v) is 6.80. The number of carboxylic acids is 2. The molecule has 112 valence electrons. The average Bonchev–Trinajstić information content (AvgIpc) is 2.34. The second kappa shape index (κ2) is 5.31. The Labute approximate surface area is 119 Å². The van der Waals surface area contributed by atoms with E-state index in [1.54, 1.807) is 6.08 Å². The molecule has 1 aliphatic rings. The Morgan fingerprint density at radius 1 is 1.20 bits per heavy atom. The van der Waals surface area contributed by atoms with Crippen LogP contribution in [0.2, 0.25) is 0 Å². The third-order valence-electron chi connectivity index (χ3n) is 4.18. The number of aliphatic carboxylic acids is 2. The van der Waals surface area contributed by atoms with E-state index >= 15 is 0 Å². The predicted octanol–water partition coefficient (Wildman–Crippen LogP) is 2.75. The van der Waals surface area contributed by atoms with Crippen molar-refractivity contribution in [2.45, 2.75) is 47.5 Å². The van der Waals surface area contributed by atoms with Gasteiger partial charge in [-0.3, -0.25) is 0 Å². The molecule has 20 heavy (non-hydrogen) atoms. The summed E-state index contributed by atoms with van der Waals surface area (Å²) in [5.74, 6) is -2.25. The maximum atomic E-state index is 11.5. The maximum Gasteiger partial charge on any atom is 0.352 e. The van der Waals surface area contributed by atoms with Gasteiger partial charge in [-0.1, -0.05) is 34.6 Å². The van der Waals surface area contributed by atoms with E-state index in [1.165, 1.54) is 0 Å². The number of rotatable bonds is 4. The Morgan fingerprint density at radius 2 is 1.75 bits per heavy atom. The van der Waals surface area contributed by atoms with Crippen LogP contribution in [0.5, 0.6) is 0 Å². The van der Waals surface area contributed by atoms with Gasteiger partial charge in [0.1, 0.15) is 11.4 Å². The summed E-state index contributed by atoms with van der Waals surface area (Å²) < 4.78 is 0. The van der Waals surface area contributed by atoms with E-state index in [2.05, 4.69) is 5.32 Å². The minimum Gasteiger partial charge on any atom is -0.477 e. The number of hydrogen-bond acceptors (Lipinski definition) is 3. The minimum absolute atomic E-state index is 0.00387. The average molecular weight is 281 g/mol. The van der Waals surface area contributed by atoms with Crippen LogP contribution in [0, 0.1) is 10.8 Å². The largest absolute Gasteiger partial charge is 0.477 e. The van der Waals surface area contributed by atoms with Gasteiger partial charge in [-0.05, 0) is 29.9 Å². The molecule has 0 amide bonds. The summed E-state index contributed by atoms with van der Waals surface area (Å²) in [6, 6.07) is 0. The summed E-state index contributed by atoms with van der Waals surface area (Å²) in [6.45, 7) is 9.88. The summed E-state index contributed by atoms with van der Waals surface area (Å²) in [5.41, 5.74) is -0.157. The van der Waals surface area contributed by atoms with Crippen LogP contribution in [-0.4, -0.2) is 22.2 Å². The molecule has 0 aromatic carbocycles. The van der Waals surface area contributed by atoms with Crippen LogP contribution in [-0.2, 0) is 9.59 Å². The highest BCUT2D eigenvalue weighted by Crippen LogP contribution is 2.52. The van der Waals surface area contributed by atoms with Crippen molar-refractivity contribution in [2.75, 3.05) is 0 Å². The third-order valence-corrected chi connectivity index (χ3v) is 4.18. The fourth-order valence-corrected chi connectivity index (χ4v) is 3.11. The summed E-state index contributed by atoms with van der Waals surface area (Å²) >= 11 is 0. The second-order valence-electron chi connectivity index (χ2n) is 6.08. The molecule has 5 nitrogen and oxygen atoms in total. The van der Waals surface area contributed by atoms with Crippen molar-refractivity contribution in [1.82, 2.24) is 5.32 Å². The zero-order valence-electron chi connectivity index (χ0n) is 12.7. The van der Waals surface area contributed by atoms with E-state index in [0.717, 1.165) is 5.57 Å². The molecule has 0 bridgehead atoms. The number of allylic oxidation sites excluding steroid dienone is 2. The highest BCUT2D eigenvalue weighted by atomic mass is 16.4. The van der Waals surface area contributed by atoms with Gasteiger partial charge in [0.2, 0.25) is 0 Å². The van der Waals surface area contributed by atoms with Crippen LogP contribution in [0.25, 0.3) is 0 Å². The second-order valence-corrected chi connectivity index (χ2v) is 6.08. The fraction of sp³-hybridized carbons (Fsp3) is 0.600. The number of dihydropyridines is 1. The molecule has 1 atom stereocenters. The van der Waals surface area contributed by atoms with Crippen molar-refractivity contribution in [3.63, 3.8) is 0 Å². The summed E-state index contributed by atoms with van der Waals surface area (Å²) in [4.78, 5) is 22.8. The van der Waals surface area contributed by atoms with Crippen LogP contribution in [0.15, 0.2) is 23.0 Å². The highest BCUT2D eigenvalue weighted by molar-refractivity contribution is 5.94. The Hall–Kier alpha value is -1.78. The van der Waals surface area contributed by atoms with Crippen molar-refractivity contribution < 1.29 is 19.8 Å². The number of hydrogen-bond donors (Lipinski definition) is 3. The Bertz CT molecular complexity index is 496. The van der Waals surface area contributed by atoms with Gasteiger partial charge in [0.25, 0.3) is 0 Å². The van der Waals surface area contributed by atoms with Crippen molar-refractivity contribution >= 4 is 11.9 Å². The predicted molar refractivity (Wildman–Crippen MR) is 76.0 cm³/mol. The summed E-state index contributed by atoms with van der Waals surface area (Å²) in [6.07, 6.45) is 2.89. The van der Waals surface area contributed by atoms with Crippen molar-refractivity contribution in [1.29, 1.82) is 0 Å². The molecule has 3 N–H and O–H groups in total. The third kappa shape index (κ3) is 2.44. The highest BCUT2D eigenvalue weighted by Gasteiger charge is 2.46. The van der Waals surface area contributed by atoms with E-state index in [-0.39, 0.29) is 16.8 Å². The van der Waals surface area contributed by atoms with Crippen molar-refractivity contribution in [3.05, 3.63) is 23.0 Å². The topological polar surface area (TPSA) is 86.6 Å². The van der Waals surface area contributed by atoms with Crippen LogP contribution in [0.4, 0.5) is 0 Å². The monoisotopic (exact) mass is 281 g/mol. The van der Waals surface area contributed by atoms with Crippen LogP contribution >= 0.6 is 0 Å². The summed E-state index contributed by atoms with van der Waals surface area (Å²) in [7, 11) is 0. The molecular weight excluding hydrogens is 258 g/mol. The van der Waals surface area contributed by atoms with E-state index in [1.807, 2.05) is 34.6 Å². The molecule has 0 aromatic heterocycles. The lowest BCUT2D eigenvalue weighted by Crippen LogP contribution is -2.43. The molecule has 0 saturated carbocycles. The molecule has 0 radical (unpaired) electrons. The molecule has 0 fully saturated rings. The van der Waals surface area contributed by atoms with Gasteiger partial charge in [-0.15, -0.1) is 0 Å². The van der Waals surface area contributed by atoms with Gasteiger partial charge >= 0.3 is 11.9 Å². The SMILES string of the molecule is CCC1=C(C(=O)O)NC(C(=O)O)=CC1(CC)C(C)(C)C. The first kappa shape index (κ1) is 16.3. The first-order chi connectivity index (χ1) is 9.10. The molecule has 0 spiro atoms. The Morgan fingerprint density at radius 3 is 2.05 bits per heavy atom. The zero-order chi connectivity index (χ0) is 15.7. The van der Waals surface area contributed by atoms with Crippen molar-refractivity contribution in [2.24, 2.45) is 10.8 Å². The van der Waals surface area contributed by atoms with E-state index in [0.29, 0.717) is 12.8 Å². The van der Waals surface area contributed by atoms with E-state index < -0.39 is 17.4 Å². The van der Waals surface area contributed by atoms with Gasteiger partial charge in [-0.2, -0.15) is 0 Å². The van der Waals surface area contributed by atoms with Gasteiger partial charge in [0.05, 0.1) is 0 Å². The number of nitrogens with one attached hydrogen (secondary N) is 1. The number of carboxylic acid groups (broad SMARTS) is 2. The zero-order valence-corrected chi connectivity index (χ0v) is 12.7. The quantitative estimate of drug-likeness (QED) is 0.737. The molecule has 0 saturated heterocycles. The standard InChI is InChI=1S/C15H23NO4/c1-6-9-11(13(19)20)16-10(12(17)18)8-15(9,7-2)14(3,4)5/h8,16H,6-7H2,1-5H3,(H,17,18)(H,19,20). The van der Waals surface area contributed by atoms with Crippen molar-refractivity contribution in [3.8, 4) is 0 Å². The van der Waals surface area contributed by atoms with Gasteiger partial charge < -0.3 is 15.5 Å². The molecule has 0 aromatic rings. The molecule has 5 heteroatoms. The van der Waals surface area contributed by atoms with Gasteiger partial charge in [-0.25, -0.2) is 9.59 Å². The summed E-state index contributed by atoms with van der Waals surface area (Å²) in [5, 5.41) is 21.2. The lowest BCUT2D eigenvalue weighted by atomic mass is 9.58. The van der Waals surface area contributed by atoms with Crippen LogP contribution in [0.1, 0.15) is 47.5 Å². The minimum atomic E-state index is -1.14. The molecular formula is C15H23NO4. The molecule has 1 heterocycles. The molecule has 0 aliphatic carbocycles. The van der Waals surface area contributed by atoms with Crippen LogP contribution in [0.3, 0.4) is 0 Å². The smallest absolute Gasteiger partial charge is 0.352 e. The molecule has 1 unspecified atom stereocenters. The molecule has 1 rings (SSSR count). The lowest BCUT2D eigenvalue weighted by Gasteiger charge is -2.47.